The molecule has 1 aromatic carbocycles. The van der Waals surface area contributed by atoms with Crippen molar-refractivity contribution in [2.75, 3.05) is 18.8 Å². The van der Waals surface area contributed by atoms with E-state index in [1.165, 1.54) is 30.8 Å². The fourth-order valence-electron chi connectivity index (χ4n) is 1.81. The second-order valence-corrected chi connectivity index (χ2v) is 5.40. The number of hydrogen-bond acceptors (Lipinski definition) is 2. The van der Waals surface area contributed by atoms with E-state index in [-0.39, 0.29) is 0 Å². The molecule has 1 aromatic rings. The van der Waals surface area contributed by atoms with Gasteiger partial charge in [0.2, 0.25) is 0 Å². The summed E-state index contributed by atoms with van der Waals surface area (Å²) < 4.78 is 0. The first-order valence-electron chi connectivity index (χ1n) is 5.38. The molecule has 0 aliphatic carbocycles. The largest absolute Gasteiger partial charge is 0.316 e. The summed E-state index contributed by atoms with van der Waals surface area (Å²) >= 11 is 8.09. The average molecular weight is 242 g/mol. The van der Waals surface area contributed by atoms with Gasteiger partial charge in [-0.2, -0.15) is 11.8 Å². The molecule has 1 fully saturated rings. The van der Waals surface area contributed by atoms with Gasteiger partial charge >= 0.3 is 0 Å². The Morgan fingerprint density at radius 3 is 3.00 bits per heavy atom. The van der Waals surface area contributed by atoms with Gasteiger partial charge in [0, 0.05) is 10.8 Å². The van der Waals surface area contributed by atoms with Gasteiger partial charge in [0.15, 0.2) is 0 Å². The fourth-order valence-corrected chi connectivity index (χ4v) is 3.30. The van der Waals surface area contributed by atoms with Crippen LogP contribution in [-0.4, -0.2) is 18.8 Å². The maximum atomic E-state index is 6.09. The second kappa shape index (κ2) is 5.78. The molecule has 1 N–H and O–H groups in total. The number of halogens is 1. The maximum absolute atomic E-state index is 6.09. The molecule has 0 aromatic heterocycles. The van der Waals surface area contributed by atoms with Gasteiger partial charge < -0.3 is 5.32 Å². The highest BCUT2D eigenvalue weighted by atomic mass is 35.5. The monoisotopic (exact) mass is 241 g/mol. The Bertz CT molecular complexity index is 310. The predicted molar refractivity (Wildman–Crippen MR) is 68.6 cm³/mol. The van der Waals surface area contributed by atoms with E-state index in [1.54, 1.807) is 0 Å². The van der Waals surface area contributed by atoms with Crippen molar-refractivity contribution in [3.63, 3.8) is 0 Å². The lowest BCUT2D eigenvalue weighted by Gasteiger charge is -2.08. The van der Waals surface area contributed by atoms with E-state index < -0.39 is 0 Å². The molecule has 3 heteroatoms. The van der Waals surface area contributed by atoms with Crippen molar-refractivity contribution < 1.29 is 0 Å². The van der Waals surface area contributed by atoms with E-state index in [4.69, 9.17) is 11.6 Å². The number of thioether (sulfide) groups is 1. The zero-order valence-corrected chi connectivity index (χ0v) is 10.3. The molecular formula is C12H16ClNS. The Morgan fingerprint density at radius 2 is 2.27 bits per heavy atom. The number of hydrogen-bond donors (Lipinski definition) is 1. The Labute approximate surface area is 101 Å². The van der Waals surface area contributed by atoms with Gasteiger partial charge in [-0.05, 0) is 42.8 Å². The summed E-state index contributed by atoms with van der Waals surface area (Å²) in [5.74, 6) is 3.14. The van der Waals surface area contributed by atoms with Crippen LogP contribution in [-0.2, 0) is 5.75 Å². The van der Waals surface area contributed by atoms with Crippen molar-refractivity contribution >= 4 is 23.4 Å². The third-order valence-electron chi connectivity index (χ3n) is 2.73. The summed E-state index contributed by atoms with van der Waals surface area (Å²) in [5, 5.41) is 4.29. The third-order valence-corrected chi connectivity index (χ3v) is 4.32. The molecular weight excluding hydrogens is 226 g/mol. The molecule has 1 aliphatic rings. The third kappa shape index (κ3) is 3.40. The Kier molecular flexibility index (Phi) is 4.36. The van der Waals surface area contributed by atoms with E-state index in [1.807, 2.05) is 23.9 Å². The average Bonchev–Trinajstić information content (AvgIpc) is 2.74. The Balaban J connectivity index is 1.75. The maximum Gasteiger partial charge on any atom is 0.0446 e. The van der Waals surface area contributed by atoms with Crippen LogP contribution in [0, 0.1) is 5.92 Å². The summed E-state index contributed by atoms with van der Waals surface area (Å²) in [5.41, 5.74) is 1.26. The minimum Gasteiger partial charge on any atom is -0.316 e. The van der Waals surface area contributed by atoms with Crippen molar-refractivity contribution in [3.8, 4) is 0 Å². The van der Waals surface area contributed by atoms with Gasteiger partial charge in [-0.1, -0.05) is 29.8 Å². The van der Waals surface area contributed by atoms with E-state index in [2.05, 4.69) is 17.4 Å². The summed E-state index contributed by atoms with van der Waals surface area (Å²) in [6.45, 7) is 2.38. The molecule has 1 nitrogen and oxygen atoms in total. The van der Waals surface area contributed by atoms with Gasteiger partial charge in [-0.3, -0.25) is 0 Å². The molecule has 1 atom stereocenters. The van der Waals surface area contributed by atoms with Crippen LogP contribution in [0.15, 0.2) is 24.3 Å². The molecule has 0 bridgehead atoms. The number of nitrogens with one attached hydrogen (secondary N) is 1. The molecule has 0 spiro atoms. The van der Waals surface area contributed by atoms with Gasteiger partial charge in [0.25, 0.3) is 0 Å². The van der Waals surface area contributed by atoms with Crippen molar-refractivity contribution in [1.29, 1.82) is 0 Å². The lowest BCUT2D eigenvalue weighted by Crippen LogP contribution is -2.10. The molecule has 1 saturated heterocycles. The molecule has 2 rings (SSSR count). The first kappa shape index (κ1) is 11.3. The van der Waals surface area contributed by atoms with Crippen LogP contribution in [0.5, 0.6) is 0 Å². The van der Waals surface area contributed by atoms with Crippen LogP contribution in [0.25, 0.3) is 0 Å². The first-order chi connectivity index (χ1) is 7.36. The summed E-state index contributed by atoms with van der Waals surface area (Å²) in [4.78, 5) is 0. The SMILES string of the molecule is Clc1ccccc1CSCC1CCNC1. The molecule has 1 heterocycles. The zero-order chi connectivity index (χ0) is 10.5. The number of benzene rings is 1. The molecule has 15 heavy (non-hydrogen) atoms. The van der Waals surface area contributed by atoms with Crippen molar-refractivity contribution in [3.05, 3.63) is 34.9 Å². The van der Waals surface area contributed by atoms with Crippen LogP contribution in [0.2, 0.25) is 5.02 Å². The standard InChI is InChI=1S/C12H16ClNS/c13-12-4-2-1-3-11(12)9-15-8-10-5-6-14-7-10/h1-4,10,14H,5-9H2. The van der Waals surface area contributed by atoms with Gasteiger partial charge in [0.05, 0.1) is 0 Å². The van der Waals surface area contributed by atoms with Gasteiger partial charge in [0.1, 0.15) is 0 Å². The van der Waals surface area contributed by atoms with Gasteiger partial charge in [-0.15, -0.1) is 0 Å². The summed E-state index contributed by atoms with van der Waals surface area (Å²) in [6, 6.07) is 8.12. The topological polar surface area (TPSA) is 12.0 Å². The molecule has 0 saturated carbocycles. The summed E-state index contributed by atoms with van der Waals surface area (Å²) in [7, 11) is 0. The predicted octanol–water partition coefficient (Wildman–Crippen LogP) is 3.18. The van der Waals surface area contributed by atoms with E-state index in [0.29, 0.717) is 0 Å². The number of rotatable bonds is 4. The normalized spacial score (nSPS) is 20.7. The van der Waals surface area contributed by atoms with E-state index >= 15 is 0 Å². The minimum atomic E-state index is 0.859. The Morgan fingerprint density at radius 1 is 1.40 bits per heavy atom. The highest BCUT2D eigenvalue weighted by Gasteiger charge is 2.13. The van der Waals surface area contributed by atoms with Crippen LogP contribution >= 0.6 is 23.4 Å². The lowest BCUT2D eigenvalue weighted by molar-refractivity contribution is 0.662. The highest BCUT2D eigenvalue weighted by molar-refractivity contribution is 7.98. The summed E-state index contributed by atoms with van der Waals surface area (Å²) in [6.07, 6.45) is 1.33. The van der Waals surface area contributed by atoms with Crippen LogP contribution in [0.1, 0.15) is 12.0 Å². The Hall–Kier alpha value is -0.180. The molecule has 1 aliphatic heterocycles. The van der Waals surface area contributed by atoms with Crippen LogP contribution in [0.3, 0.4) is 0 Å². The lowest BCUT2D eigenvalue weighted by atomic mass is 10.2. The second-order valence-electron chi connectivity index (χ2n) is 3.97. The van der Waals surface area contributed by atoms with Crippen LogP contribution < -0.4 is 5.32 Å². The van der Waals surface area contributed by atoms with Crippen molar-refractivity contribution in [2.45, 2.75) is 12.2 Å². The smallest absolute Gasteiger partial charge is 0.0446 e. The molecule has 0 radical (unpaired) electrons. The molecule has 0 amide bonds. The minimum absolute atomic E-state index is 0.859. The fraction of sp³-hybridized carbons (Fsp3) is 0.500. The van der Waals surface area contributed by atoms with Crippen LogP contribution in [0.4, 0.5) is 0 Å². The van der Waals surface area contributed by atoms with Crippen molar-refractivity contribution in [2.24, 2.45) is 5.92 Å². The highest BCUT2D eigenvalue weighted by Crippen LogP contribution is 2.23. The van der Waals surface area contributed by atoms with E-state index in [9.17, 15) is 0 Å². The van der Waals surface area contributed by atoms with Crippen molar-refractivity contribution in [1.82, 2.24) is 5.32 Å². The molecule has 1 unspecified atom stereocenters. The zero-order valence-electron chi connectivity index (χ0n) is 8.71. The first-order valence-corrected chi connectivity index (χ1v) is 6.91. The molecule has 82 valence electrons. The van der Waals surface area contributed by atoms with Gasteiger partial charge in [-0.25, -0.2) is 0 Å². The van der Waals surface area contributed by atoms with E-state index in [0.717, 1.165) is 16.7 Å². The quantitative estimate of drug-likeness (QED) is 0.869.